The van der Waals surface area contributed by atoms with Gasteiger partial charge in [-0.15, -0.1) is 0 Å². The molecule has 0 aliphatic heterocycles. The minimum absolute atomic E-state index is 0.0779. The van der Waals surface area contributed by atoms with Crippen LogP contribution in [-0.4, -0.2) is 5.11 Å². The molecule has 0 aromatic heterocycles. The van der Waals surface area contributed by atoms with Gasteiger partial charge in [0.25, 0.3) is 0 Å². The van der Waals surface area contributed by atoms with Crippen LogP contribution in [0.5, 0.6) is 5.75 Å². The average Bonchev–Trinajstić information content (AvgIpc) is 2.23. The molecule has 15 heavy (non-hydrogen) atoms. The van der Waals surface area contributed by atoms with Crippen molar-refractivity contribution in [2.24, 2.45) is 0 Å². The fraction of sp³-hybridized carbons (Fsp3) is 0. The first-order valence-corrected chi connectivity index (χ1v) is 4.79. The predicted molar refractivity (Wildman–Crippen MR) is 58.5 cm³/mol. The quantitative estimate of drug-likeness (QED) is 0.777. The van der Waals surface area contributed by atoms with Gasteiger partial charge in [0.2, 0.25) is 0 Å². The molecule has 3 heteroatoms. The van der Waals surface area contributed by atoms with Crippen LogP contribution < -0.4 is 0 Å². The van der Waals surface area contributed by atoms with Gasteiger partial charge in [0.1, 0.15) is 11.6 Å². The predicted octanol–water partition coefficient (Wildman–Crippen LogP) is 3.85. The Labute approximate surface area is 91.8 Å². The van der Waals surface area contributed by atoms with Crippen LogP contribution in [0.25, 0.3) is 11.1 Å². The zero-order valence-corrected chi connectivity index (χ0v) is 8.50. The van der Waals surface area contributed by atoms with E-state index in [9.17, 15) is 9.50 Å². The maximum Gasteiger partial charge on any atom is 0.142 e. The Hall–Kier alpha value is -1.54. The third-order valence-corrected chi connectivity index (χ3v) is 2.44. The van der Waals surface area contributed by atoms with Gasteiger partial charge < -0.3 is 5.11 Å². The normalized spacial score (nSPS) is 10.3. The van der Waals surface area contributed by atoms with Crippen LogP contribution in [0.15, 0.2) is 42.5 Å². The Morgan fingerprint density at radius 1 is 1.07 bits per heavy atom. The van der Waals surface area contributed by atoms with Crippen molar-refractivity contribution in [2.45, 2.75) is 0 Å². The van der Waals surface area contributed by atoms with E-state index in [0.29, 0.717) is 11.1 Å². The van der Waals surface area contributed by atoms with Crippen molar-refractivity contribution in [3.63, 3.8) is 0 Å². The topological polar surface area (TPSA) is 20.2 Å². The average molecular weight is 223 g/mol. The summed E-state index contributed by atoms with van der Waals surface area (Å²) in [5.74, 6) is -0.364. The van der Waals surface area contributed by atoms with Crippen molar-refractivity contribution in [2.75, 3.05) is 0 Å². The second kappa shape index (κ2) is 3.91. The number of hydrogen-bond acceptors (Lipinski definition) is 1. The third kappa shape index (κ3) is 1.95. The molecule has 0 saturated carbocycles. The van der Waals surface area contributed by atoms with E-state index in [-0.39, 0.29) is 10.8 Å². The molecule has 0 spiro atoms. The van der Waals surface area contributed by atoms with Gasteiger partial charge in [-0.25, -0.2) is 4.39 Å². The van der Waals surface area contributed by atoms with Gasteiger partial charge in [0, 0.05) is 5.56 Å². The standard InChI is InChI=1S/C12H8ClFO/c13-10-6-5-8(7-11(10)14)9-3-1-2-4-12(9)15/h1-7,15H. The van der Waals surface area contributed by atoms with Crippen molar-refractivity contribution in [3.8, 4) is 16.9 Å². The van der Waals surface area contributed by atoms with Gasteiger partial charge in [-0.05, 0) is 23.8 Å². The van der Waals surface area contributed by atoms with E-state index in [1.54, 1.807) is 30.3 Å². The smallest absolute Gasteiger partial charge is 0.142 e. The lowest BCUT2D eigenvalue weighted by Crippen LogP contribution is -1.82. The number of para-hydroxylation sites is 1. The van der Waals surface area contributed by atoms with Gasteiger partial charge in [0.15, 0.2) is 0 Å². The Bertz CT molecular complexity index is 497. The monoisotopic (exact) mass is 222 g/mol. The number of halogens is 2. The molecule has 0 heterocycles. The van der Waals surface area contributed by atoms with Gasteiger partial charge in [0.05, 0.1) is 5.02 Å². The van der Waals surface area contributed by atoms with E-state index in [2.05, 4.69) is 0 Å². The summed E-state index contributed by atoms with van der Waals surface area (Å²) in [6.07, 6.45) is 0. The Morgan fingerprint density at radius 3 is 2.47 bits per heavy atom. The van der Waals surface area contributed by atoms with Crippen molar-refractivity contribution < 1.29 is 9.50 Å². The molecule has 2 rings (SSSR count). The van der Waals surface area contributed by atoms with Crippen LogP contribution in [0.1, 0.15) is 0 Å². The zero-order chi connectivity index (χ0) is 10.8. The number of rotatable bonds is 1. The molecule has 76 valence electrons. The van der Waals surface area contributed by atoms with Crippen molar-refractivity contribution in [3.05, 3.63) is 53.3 Å². The zero-order valence-electron chi connectivity index (χ0n) is 7.74. The summed E-state index contributed by atoms with van der Waals surface area (Å²) in [5, 5.41) is 9.65. The molecule has 0 aliphatic rings. The third-order valence-electron chi connectivity index (χ3n) is 2.13. The first-order valence-electron chi connectivity index (χ1n) is 4.42. The summed E-state index contributed by atoms with van der Waals surface area (Å²) in [6.45, 7) is 0. The number of aromatic hydroxyl groups is 1. The van der Waals surface area contributed by atoms with Gasteiger partial charge in [-0.3, -0.25) is 0 Å². The van der Waals surface area contributed by atoms with Crippen LogP contribution >= 0.6 is 11.6 Å². The molecular weight excluding hydrogens is 215 g/mol. The summed E-state index contributed by atoms with van der Waals surface area (Å²) in [6, 6.07) is 11.2. The minimum atomic E-state index is -0.489. The molecule has 2 aromatic carbocycles. The molecule has 0 bridgehead atoms. The molecular formula is C12H8ClFO. The summed E-state index contributed by atoms with van der Waals surface area (Å²) < 4.78 is 13.2. The van der Waals surface area contributed by atoms with Crippen molar-refractivity contribution >= 4 is 11.6 Å². The highest BCUT2D eigenvalue weighted by Gasteiger charge is 2.06. The Balaban J connectivity index is 2.55. The van der Waals surface area contributed by atoms with E-state index in [4.69, 9.17) is 11.6 Å². The maximum atomic E-state index is 13.2. The second-order valence-electron chi connectivity index (χ2n) is 3.15. The molecule has 1 N–H and O–H groups in total. The Kier molecular flexibility index (Phi) is 2.60. The fourth-order valence-corrected chi connectivity index (χ4v) is 1.50. The van der Waals surface area contributed by atoms with E-state index in [1.807, 2.05) is 0 Å². The van der Waals surface area contributed by atoms with Crippen LogP contribution in [0, 0.1) is 5.82 Å². The van der Waals surface area contributed by atoms with Gasteiger partial charge in [-0.2, -0.15) is 0 Å². The second-order valence-corrected chi connectivity index (χ2v) is 3.55. The molecule has 0 unspecified atom stereocenters. The van der Waals surface area contributed by atoms with Crippen LogP contribution in [-0.2, 0) is 0 Å². The van der Waals surface area contributed by atoms with Gasteiger partial charge >= 0.3 is 0 Å². The first-order chi connectivity index (χ1) is 7.18. The van der Waals surface area contributed by atoms with E-state index in [0.717, 1.165) is 0 Å². The summed E-state index contributed by atoms with van der Waals surface area (Å²) in [4.78, 5) is 0. The molecule has 0 atom stereocenters. The Morgan fingerprint density at radius 2 is 1.80 bits per heavy atom. The fourth-order valence-electron chi connectivity index (χ4n) is 1.38. The van der Waals surface area contributed by atoms with Crippen LogP contribution in [0.3, 0.4) is 0 Å². The summed E-state index contributed by atoms with van der Waals surface area (Å²) in [5.41, 5.74) is 1.20. The number of phenols is 1. The highest BCUT2D eigenvalue weighted by atomic mass is 35.5. The van der Waals surface area contributed by atoms with Crippen molar-refractivity contribution in [1.29, 1.82) is 0 Å². The number of phenolic OH excluding ortho intramolecular Hbond substituents is 1. The molecule has 0 aliphatic carbocycles. The minimum Gasteiger partial charge on any atom is -0.507 e. The van der Waals surface area contributed by atoms with Gasteiger partial charge in [-0.1, -0.05) is 35.9 Å². The molecule has 0 saturated heterocycles. The largest absolute Gasteiger partial charge is 0.507 e. The lowest BCUT2D eigenvalue weighted by atomic mass is 10.0. The van der Waals surface area contributed by atoms with E-state index >= 15 is 0 Å². The molecule has 0 radical (unpaired) electrons. The maximum absolute atomic E-state index is 13.2. The van der Waals surface area contributed by atoms with Crippen LogP contribution in [0.4, 0.5) is 4.39 Å². The molecule has 2 aromatic rings. The highest BCUT2D eigenvalue weighted by molar-refractivity contribution is 6.30. The molecule has 0 amide bonds. The highest BCUT2D eigenvalue weighted by Crippen LogP contribution is 2.30. The SMILES string of the molecule is Oc1ccccc1-c1ccc(Cl)c(F)c1. The van der Waals surface area contributed by atoms with E-state index in [1.165, 1.54) is 12.1 Å². The number of benzene rings is 2. The summed E-state index contributed by atoms with van der Waals surface area (Å²) in [7, 11) is 0. The van der Waals surface area contributed by atoms with Crippen LogP contribution in [0.2, 0.25) is 5.02 Å². The lowest BCUT2D eigenvalue weighted by Gasteiger charge is -2.04. The molecule has 1 nitrogen and oxygen atoms in total. The number of hydrogen-bond donors (Lipinski definition) is 1. The lowest BCUT2D eigenvalue weighted by molar-refractivity contribution is 0.477. The summed E-state index contributed by atoms with van der Waals surface area (Å²) >= 11 is 5.57. The molecule has 0 fully saturated rings. The van der Waals surface area contributed by atoms with Crippen molar-refractivity contribution in [1.82, 2.24) is 0 Å². The first kappa shape index (κ1) is 9.99. The van der Waals surface area contributed by atoms with E-state index < -0.39 is 5.82 Å².